The third-order valence-electron chi connectivity index (χ3n) is 1.80. The van der Waals surface area contributed by atoms with E-state index in [-0.39, 0.29) is 5.82 Å². The molecule has 0 aliphatic rings. The fourth-order valence-corrected chi connectivity index (χ4v) is 2.70. The Morgan fingerprint density at radius 1 is 1.54 bits per heavy atom. The maximum absolute atomic E-state index is 13.3. The van der Waals surface area contributed by atoms with Gasteiger partial charge in [-0.15, -0.1) is 0 Å². The molecule has 1 unspecified atom stereocenters. The second kappa shape index (κ2) is 3.38. The van der Waals surface area contributed by atoms with Gasteiger partial charge in [0.2, 0.25) is 0 Å². The standard InChI is InChI=1S/C7H6FIN3P/c8-5-1-2-6(10)4-3-11-12(13-9)7(4)5/h1-3,13H,10H2. The van der Waals surface area contributed by atoms with Crippen molar-refractivity contribution in [2.75, 3.05) is 5.73 Å². The summed E-state index contributed by atoms with van der Waals surface area (Å²) in [6.45, 7) is 0. The van der Waals surface area contributed by atoms with E-state index in [2.05, 4.69) is 27.1 Å². The lowest BCUT2D eigenvalue weighted by atomic mass is 10.2. The van der Waals surface area contributed by atoms with Gasteiger partial charge in [-0.05, 0) is 34.2 Å². The number of aromatic nitrogens is 2. The molecule has 1 aromatic heterocycles. The largest absolute Gasteiger partial charge is 0.398 e. The van der Waals surface area contributed by atoms with Gasteiger partial charge in [0, 0.05) is 11.1 Å². The third kappa shape index (κ3) is 1.40. The number of anilines is 1. The molecule has 0 aliphatic carbocycles. The molecule has 0 saturated heterocycles. The van der Waals surface area contributed by atoms with Crippen LogP contribution < -0.4 is 5.73 Å². The molecule has 1 atom stereocenters. The van der Waals surface area contributed by atoms with Crippen molar-refractivity contribution in [1.82, 2.24) is 9.55 Å². The number of nitrogen functional groups attached to an aromatic ring is 1. The first-order chi connectivity index (χ1) is 6.24. The second-order valence-electron chi connectivity index (χ2n) is 2.54. The molecule has 0 amide bonds. The Hall–Kier alpha value is -0.420. The lowest BCUT2D eigenvalue weighted by Gasteiger charge is -1.99. The van der Waals surface area contributed by atoms with E-state index in [0.29, 0.717) is 23.0 Å². The van der Waals surface area contributed by atoms with E-state index >= 15 is 0 Å². The summed E-state index contributed by atoms with van der Waals surface area (Å²) in [6.07, 6.45) is 1.98. The van der Waals surface area contributed by atoms with Crippen molar-refractivity contribution >= 4 is 45.0 Å². The Bertz CT molecular complexity index is 456. The molecule has 1 aromatic carbocycles. The highest BCUT2D eigenvalue weighted by molar-refractivity contribution is 14.2. The summed E-state index contributed by atoms with van der Waals surface area (Å²) in [5, 5.41) is 4.72. The third-order valence-corrected chi connectivity index (χ3v) is 3.67. The van der Waals surface area contributed by atoms with E-state index in [4.69, 9.17) is 5.73 Å². The Labute approximate surface area is 88.8 Å². The molecular weight excluding hydrogens is 303 g/mol. The van der Waals surface area contributed by atoms with Gasteiger partial charge in [0.15, 0.2) is 0 Å². The Balaban J connectivity index is 2.87. The van der Waals surface area contributed by atoms with Gasteiger partial charge in [-0.25, -0.2) is 8.84 Å². The van der Waals surface area contributed by atoms with Crippen molar-refractivity contribution in [1.29, 1.82) is 0 Å². The highest BCUT2D eigenvalue weighted by Gasteiger charge is 2.09. The number of hydrogen-bond acceptors (Lipinski definition) is 2. The summed E-state index contributed by atoms with van der Waals surface area (Å²) < 4.78 is 14.9. The predicted octanol–water partition coefficient (Wildman–Crippen LogP) is 2.55. The number of nitrogens with zero attached hydrogens (tertiary/aromatic N) is 2. The number of halogens is 2. The normalized spacial score (nSPS) is 11.8. The Morgan fingerprint density at radius 3 is 3.00 bits per heavy atom. The molecule has 6 heteroatoms. The van der Waals surface area contributed by atoms with E-state index in [1.54, 1.807) is 16.7 Å². The molecule has 0 saturated carbocycles. The molecule has 2 rings (SSSR count). The van der Waals surface area contributed by atoms with Crippen LogP contribution in [0.3, 0.4) is 0 Å². The number of benzene rings is 1. The van der Waals surface area contributed by atoms with E-state index in [0.717, 1.165) is 0 Å². The predicted molar refractivity (Wildman–Crippen MR) is 61.8 cm³/mol. The maximum Gasteiger partial charge on any atom is 0.149 e. The summed E-state index contributed by atoms with van der Waals surface area (Å²) in [4.78, 5) is 0. The van der Waals surface area contributed by atoms with Crippen molar-refractivity contribution in [3.63, 3.8) is 0 Å². The topological polar surface area (TPSA) is 43.8 Å². The second-order valence-corrected chi connectivity index (χ2v) is 4.58. The van der Waals surface area contributed by atoms with Crippen LogP contribution in [0, 0.1) is 5.82 Å². The first-order valence-electron chi connectivity index (χ1n) is 3.52. The number of rotatable bonds is 1. The van der Waals surface area contributed by atoms with E-state index < -0.39 is 0 Å². The fourth-order valence-electron chi connectivity index (χ4n) is 1.19. The first-order valence-corrected chi connectivity index (χ1v) is 7.58. The summed E-state index contributed by atoms with van der Waals surface area (Å²) in [6, 6.07) is 2.92. The minimum atomic E-state index is -0.272. The fraction of sp³-hybridized carbons (Fsp3) is 0. The van der Waals surface area contributed by atoms with Crippen LogP contribution in [0.5, 0.6) is 0 Å². The minimum Gasteiger partial charge on any atom is -0.398 e. The van der Waals surface area contributed by atoms with Crippen LogP contribution in [0.15, 0.2) is 18.3 Å². The number of hydrogen-bond donors (Lipinski definition) is 1. The van der Waals surface area contributed by atoms with Crippen LogP contribution in [-0.4, -0.2) is 9.55 Å². The zero-order valence-corrected chi connectivity index (χ0v) is 9.62. The van der Waals surface area contributed by atoms with Crippen molar-refractivity contribution in [3.05, 3.63) is 24.1 Å². The van der Waals surface area contributed by atoms with Crippen molar-refractivity contribution in [2.24, 2.45) is 0 Å². The zero-order valence-electron chi connectivity index (χ0n) is 6.46. The molecule has 0 radical (unpaired) electrons. The molecule has 2 aromatic rings. The molecule has 0 aliphatic heterocycles. The average molecular weight is 309 g/mol. The van der Waals surface area contributed by atoms with Crippen molar-refractivity contribution < 1.29 is 4.39 Å². The van der Waals surface area contributed by atoms with Gasteiger partial charge in [-0.3, -0.25) is 0 Å². The monoisotopic (exact) mass is 309 g/mol. The van der Waals surface area contributed by atoms with Crippen LogP contribution >= 0.6 is 28.4 Å². The molecule has 3 nitrogen and oxygen atoms in total. The molecule has 1 heterocycles. The average Bonchev–Trinajstić information content (AvgIpc) is 2.56. The van der Waals surface area contributed by atoms with Gasteiger partial charge in [0.1, 0.15) is 11.3 Å². The summed E-state index contributed by atoms with van der Waals surface area (Å²) in [5.74, 6) is -0.272. The summed E-state index contributed by atoms with van der Waals surface area (Å²) >= 11 is 2.15. The molecular formula is C7H6FIN3P. The number of fused-ring (bicyclic) bond motifs is 1. The van der Waals surface area contributed by atoms with E-state index in [1.165, 1.54) is 6.07 Å². The van der Waals surface area contributed by atoms with Gasteiger partial charge >= 0.3 is 0 Å². The summed E-state index contributed by atoms with van der Waals surface area (Å²) in [7, 11) is 0. The lowest BCUT2D eigenvalue weighted by molar-refractivity contribution is 0.635. The molecule has 0 fully saturated rings. The molecule has 2 N–H and O–H groups in total. The number of nitrogens with two attached hydrogens (primary N) is 1. The van der Waals surface area contributed by atoms with Crippen LogP contribution in [0.2, 0.25) is 0 Å². The smallest absolute Gasteiger partial charge is 0.149 e. The highest BCUT2D eigenvalue weighted by atomic mass is 127. The quantitative estimate of drug-likeness (QED) is 0.500. The van der Waals surface area contributed by atoms with Gasteiger partial charge < -0.3 is 5.73 Å². The van der Waals surface area contributed by atoms with Gasteiger partial charge in [-0.2, -0.15) is 5.10 Å². The minimum absolute atomic E-state index is 0.272. The molecule has 0 spiro atoms. The first kappa shape index (κ1) is 9.15. The summed E-state index contributed by atoms with van der Waals surface area (Å²) in [5.41, 5.74) is 6.73. The Morgan fingerprint density at radius 2 is 2.31 bits per heavy atom. The maximum atomic E-state index is 13.3. The molecule has 68 valence electrons. The zero-order chi connectivity index (χ0) is 9.42. The van der Waals surface area contributed by atoms with Crippen LogP contribution in [0.4, 0.5) is 10.1 Å². The van der Waals surface area contributed by atoms with Crippen LogP contribution in [-0.2, 0) is 0 Å². The van der Waals surface area contributed by atoms with Crippen molar-refractivity contribution in [2.45, 2.75) is 0 Å². The van der Waals surface area contributed by atoms with Crippen LogP contribution in [0.1, 0.15) is 0 Å². The lowest BCUT2D eigenvalue weighted by Crippen LogP contribution is -1.90. The van der Waals surface area contributed by atoms with E-state index in [1.807, 2.05) is 0 Å². The van der Waals surface area contributed by atoms with Crippen LogP contribution in [0.25, 0.3) is 10.9 Å². The Kier molecular flexibility index (Phi) is 2.38. The molecule has 13 heavy (non-hydrogen) atoms. The van der Waals surface area contributed by atoms with E-state index in [9.17, 15) is 4.39 Å². The van der Waals surface area contributed by atoms with Gasteiger partial charge in [-0.1, -0.05) is 0 Å². The van der Waals surface area contributed by atoms with Crippen molar-refractivity contribution in [3.8, 4) is 0 Å². The highest BCUT2D eigenvalue weighted by Crippen LogP contribution is 2.31. The van der Waals surface area contributed by atoms with Gasteiger partial charge in [0.05, 0.1) is 12.6 Å². The van der Waals surface area contributed by atoms with Gasteiger partial charge in [0.25, 0.3) is 0 Å². The SMILES string of the molecule is Nc1ccc(F)c2c1cnn2PI. The molecule has 0 bridgehead atoms.